The largest absolute Gasteiger partial charge is 0.447 e. The summed E-state index contributed by atoms with van der Waals surface area (Å²) < 4.78 is 5.25. The molecule has 0 bridgehead atoms. The first-order valence-electron chi connectivity index (χ1n) is 8.28. The Bertz CT molecular complexity index is 804. The lowest BCUT2D eigenvalue weighted by atomic mass is 9.92. The molecular formula is C20H18N2O3. The molecule has 0 unspecified atom stereocenters. The molecule has 0 aliphatic carbocycles. The lowest BCUT2D eigenvalue weighted by molar-refractivity contribution is -0.137. The Hall–Kier alpha value is -3.08. The number of cyclic esters (lactones) is 1. The fourth-order valence-electron chi connectivity index (χ4n) is 3.26. The smallest absolute Gasteiger partial charge is 0.412 e. The quantitative estimate of drug-likeness (QED) is 0.875. The fraction of sp³-hybridized carbons (Fsp3) is 0.200. The van der Waals surface area contributed by atoms with Crippen LogP contribution in [0.2, 0.25) is 0 Å². The van der Waals surface area contributed by atoms with Crippen LogP contribution in [0.15, 0.2) is 66.7 Å². The molecule has 25 heavy (non-hydrogen) atoms. The maximum atomic E-state index is 12.2. The van der Waals surface area contributed by atoms with Gasteiger partial charge in [0.15, 0.2) is 0 Å². The zero-order valence-corrected chi connectivity index (χ0v) is 13.5. The number of amides is 2. The van der Waals surface area contributed by atoms with Crippen molar-refractivity contribution in [3.63, 3.8) is 0 Å². The number of nitrogens with zero attached hydrogens (tertiary/aromatic N) is 1. The molecule has 5 nitrogen and oxygen atoms in total. The van der Waals surface area contributed by atoms with Gasteiger partial charge >= 0.3 is 6.09 Å². The summed E-state index contributed by atoms with van der Waals surface area (Å²) in [6, 6.07) is 19.3. The molecule has 2 aliphatic rings. The monoisotopic (exact) mass is 334 g/mol. The van der Waals surface area contributed by atoms with Gasteiger partial charge in [0.1, 0.15) is 12.8 Å². The number of carbonyl (C=O) groups excluding carboxylic acids is 2. The van der Waals surface area contributed by atoms with E-state index in [2.05, 4.69) is 5.32 Å². The van der Waals surface area contributed by atoms with E-state index >= 15 is 0 Å². The Morgan fingerprint density at radius 1 is 1.00 bits per heavy atom. The number of ether oxygens (including phenoxy) is 1. The van der Waals surface area contributed by atoms with Crippen molar-refractivity contribution in [2.45, 2.75) is 12.2 Å². The summed E-state index contributed by atoms with van der Waals surface area (Å²) in [5.41, 5.74) is 2.02. The highest BCUT2D eigenvalue weighted by Crippen LogP contribution is 2.34. The molecule has 2 amide bonds. The summed E-state index contributed by atoms with van der Waals surface area (Å²) in [7, 11) is 0. The molecule has 3 atom stereocenters. The van der Waals surface area contributed by atoms with Crippen LogP contribution in [-0.4, -0.2) is 29.7 Å². The van der Waals surface area contributed by atoms with E-state index < -0.39 is 6.09 Å². The maximum Gasteiger partial charge on any atom is 0.412 e. The van der Waals surface area contributed by atoms with Gasteiger partial charge in [-0.3, -0.25) is 9.69 Å². The number of nitrogens with one attached hydrogen (secondary N) is 1. The van der Waals surface area contributed by atoms with Crippen LogP contribution in [0.3, 0.4) is 0 Å². The van der Waals surface area contributed by atoms with Crippen LogP contribution < -0.4 is 5.32 Å². The van der Waals surface area contributed by atoms with Gasteiger partial charge in [0, 0.05) is 0 Å². The van der Waals surface area contributed by atoms with Crippen molar-refractivity contribution >= 4 is 18.1 Å². The van der Waals surface area contributed by atoms with Crippen molar-refractivity contribution in [3.05, 3.63) is 77.9 Å². The van der Waals surface area contributed by atoms with Crippen molar-refractivity contribution in [1.82, 2.24) is 10.2 Å². The Kier molecular flexibility index (Phi) is 3.98. The lowest BCUT2D eigenvalue weighted by Gasteiger charge is -2.42. The Morgan fingerprint density at radius 3 is 2.36 bits per heavy atom. The van der Waals surface area contributed by atoms with Crippen molar-refractivity contribution in [2.24, 2.45) is 5.92 Å². The van der Waals surface area contributed by atoms with Crippen LogP contribution >= 0.6 is 0 Å². The minimum atomic E-state index is -0.392. The second-order valence-corrected chi connectivity index (χ2v) is 6.16. The minimum absolute atomic E-state index is 0.0799. The maximum absolute atomic E-state index is 12.2. The number of hydrogen-bond acceptors (Lipinski definition) is 3. The van der Waals surface area contributed by atoms with Gasteiger partial charge in [-0.05, 0) is 11.1 Å². The van der Waals surface area contributed by atoms with Crippen LogP contribution in [0.4, 0.5) is 4.79 Å². The third kappa shape index (κ3) is 2.89. The number of carbonyl (C=O) groups is 2. The highest BCUT2D eigenvalue weighted by atomic mass is 16.6. The molecule has 0 radical (unpaired) electrons. The van der Waals surface area contributed by atoms with E-state index in [-0.39, 0.29) is 24.0 Å². The van der Waals surface area contributed by atoms with Crippen molar-refractivity contribution < 1.29 is 14.3 Å². The zero-order chi connectivity index (χ0) is 17.2. The molecule has 1 N–H and O–H groups in total. The van der Waals surface area contributed by atoms with Gasteiger partial charge in [-0.15, -0.1) is 0 Å². The second-order valence-electron chi connectivity index (χ2n) is 6.16. The first-order chi connectivity index (χ1) is 12.2. The number of β-lactam (4-membered cyclic amide) rings is 1. The number of rotatable bonds is 4. The normalized spacial score (nSPS) is 25.6. The van der Waals surface area contributed by atoms with Gasteiger partial charge in [0.05, 0.1) is 12.0 Å². The fourth-order valence-corrected chi connectivity index (χ4v) is 3.26. The molecule has 5 heteroatoms. The second kappa shape index (κ2) is 6.43. The summed E-state index contributed by atoms with van der Waals surface area (Å²) in [4.78, 5) is 25.9. The average molecular weight is 334 g/mol. The summed E-state index contributed by atoms with van der Waals surface area (Å²) in [5, 5.41) is 2.84. The Labute approximate surface area is 145 Å². The molecule has 2 saturated heterocycles. The van der Waals surface area contributed by atoms with Crippen LogP contribution in [0.25, 0.3) is 6.08 Å². The van der Waals surface area contributed by atoms with E-state index in [1.54, 1.807) is 4.90 Å². The molecule has 2 aliphatic heterocycles. The molecule has 2 aromatic carbocycles. The van der Waals surface area contributed by atoms with E-state index in [0.717, 1.165) is 11.1 Å². The molecule has 4 rings (SSSR count). The van der Waals surface area contributed by atoms with E-state index in [9.17, 15) is 9.59 Å². The van der Waals surface area contributed by atoms with Crippen LogP contribution in [-0.2, 0) is 9.53 Å². The zero-order valence-electron chi connectivity index (χ0n) is 13.5. The van der Waals surface area contributed by atoms with Crippen LogP contribution in [0, 0.1) is 5.92 Å². The van der Waals surface area contributed by atoms with Gasteiger partial charge in [0.25, 0.3) is 0 Å². The van der Waals surface area contributed by atoms with Crippen molar-refractivity contribution in [1.29, 1.82) is 0 Å². The summed E-state index contributed by atoms with van der Waals surface area (Å²) in [5.74, 6) is -0.458. The predicted octanol–water partition coefficient (Wildman–Crippen LogP) is 2.97. The topological polar surface area (TPSA) is 58.6 Å². The Morgan fingerprint density at radius 2 is 1.68 bits per heavy atom. The van der Waals surface area contributed by atoms with Crippen molar-refractivity contribution in [2.75, 3.05) is 6.61 Å². The molecule has 0 aromatic heterocycles. The van der Waals surface area contributed by atoms with Crippen LogP contribution in [0.5, 0.6) is 0 Å². The van der Waals surface area contributed by atoms with E-state index in [0.29, 0.717) is 6.61 Å². The molecule has 0 saturated carbocycles. The van der Waals surface area contributed by atoms with Gasteiger partial charge in [0.2, 0.25) is 5.91 Å². The third-order valence-electron chi connectivity index (χ3n) is 4.62. The molecule has 2 aromatic rings. The SMILES string of the molecule is O=C1N[C@H](N2C(=O)OC[C@@H]2c2ccccc2)[C@H]1C=Cc1ccccc1. The van der Waals surface area contributed by atoms with E-state index in [4.69, 9.17) is 4.74 Å². The highest BCUT2D eigenvalue weighted by Gasteiger charge is 2.49. The Balaban J connectivity index is 1.56. The minimum Gasteiger partial charge on any atom is -0.447 e. The molecule has 2 heterocycles. The highest BCUT2D eigenvalue weighted by molar-refractivity contribution is 5.90. The number of hydrogen-bond donors (Lipinski definition) is 1. The summed E-state index contributed by atoms with van der Waals surface area (Å²) in [6.45, 7) is 0.296. The average Bonchev–Trinajstić information content (AvgIpc) is 3.02. The van der Waals surface area contributed by atoms with E-state index in [1.807, 2.05) is 72.8 Å². The molecular weight excluding hydrogens is 316 g/mol. The molecule has 0 spiro atoms. The van der Waals surface area contributed by atoms with Gasteiger partial charge < -0.3 is 10.1 Å². The summed E-state index contributed by atoms with van der Waals surface area (Å²) in [6.07, 6.45) is 2.99. The lowest BCUT2D eigenvalue weighted by Crippen LogP contribution is -2.65. The standard InChI is InChI=1S/C20H18N2O3/c23-19-16(12-11-14-7-3-1-4-8-14)18(21-19)22-17(13-25-20(22)24)15-9-5-2-6-10-15/h1-12,16-18H,13H2,(H,21,23)/t16-,17-,18-/m1/s1. The van der Waals surface area contributed by atoms with Crippen LogP contribution in [0.1, 0.15) is 17.2 Å². The van der Waals surface area contributed by atoms with E-state index in [1.165, 1.54) is 0 Å². The summed E-state index contributed by atoms with van der Waals surface area (Å²) >= 11 is 0. The van der Waals surface area contributed by atoms with Gasteiger partial charge in [-0.25, -0.2) is 4.79 Å². The number of benzene rings is 2. The predicted molar refractivity (Wildman–Crippen MR) is 93.3 cm³/mol. The molecule has 2 fully saturated rings. The first-order valence-corrected chi connectivity index (χ1v) is 8.28. The third-order valence-corrected chi connectivity index (χ3v) is 4.62. The van der Waals surface area contributed by atoms with Gasteiger partial charge in [-0.1, -0.05) is 72.8 Å². The van der Waals surface area contributed by atoms with Gasteiger partial charge in [-0.2, -0.15) is 0 Å². The molecule has 126 valence electrons. The first kappa shape index (κ1) is 15.4. The van der Waals surface area contributed by atoms with Crippen molar-refractivity contribution in [3.8, 4) is 0 Å².